The third-order valence-corrected chi connectivity index (χ3v) is 3.19. The Morgan fingerprint density at radius 3 is 2.74 bits per heavy atom. The van der Waals surface area contributed by atoms with Crippen LogP contribution in [0.15, 0.2) is 28.8 Å². The van der Waals surface area contributed by atoms with E-state index in [0.717, 1.165) is 23.7 Å². The lowest BCUT2D eigenvalue weighted by molar-refractivity contribution is 0.0894. The maximum absolute atomic E-state index is 5.56. The van der Waals surface area contributed by atoms with Gasteiger partial charge in [-0.25, -0.2) is 0 Å². The highest BCUT2D eigenvalue weighted by Crippen LogP contribution is 2.29. The van der Waals surface area contributed by atoms with Gasteiger partial charge < -0.3 is 15.0 Å². The second-order valence-electron chi connectivity index (χ2n) is 4.87. The van der Waals surface area contributed by atoms with Gasteiger partial charge in [0, 0.05) is 12.1 Å². The zero-order valence-electron chi connectivity index (χ0n) is 10.7. The predicted octanol–water partition coefficient (Wildman–Crippen LogP) is 2.12. The van der Waals surface area contributed by atoms with Crippen LogP contribution in [-0.2, 0) is 17.9 Å². The minimum atomic E-state index is 0.393. The summed E-state index contributed by atoms with van der Waals surface area (Å²) in [5.74, 6) is 1.86. The Kier molecular flexibility index (Phi) is 3.57. The largest absolute Gasteiger partial charge is 0.371 e. The second kappa shape index (κ2) is 5.50. The lowest BCUT2D eigenvalue weighted by atomic mass is 10.1. The van der Waals surface area contributed by atoms with Crippen LogP contribution in [0, 0.1) is 5.92 Å². The summed E-state index contributed by atoms with van der Waals surface area (Å²) in [5, 5.41) is 3.96. The molecule has 2 aromatic rings. The topological polar surface area (TPSA) is 74.2 Å². The van der Waals surface area contributed by atoms with Gasteiger partial charge in [-0.15, -0.1) is 0 Å². The van der Waals surface area contributed by atoms with Gasteiger partial charge >= 0.3 is 0 Å². The maximum Gasteiger partial charge on any atom is 0.252 e. The first-order valence-corrected chi connectivity index (χ1v) is 6.55. The summed E-state index contributed by atoms with van der Waals surface area (Å²) < 4.78 is 10.7. The second-order valence-corrected chi connectivity index (χ2v) is 4.87. The Morgan fingerprint density at radius 2 is 2.05 bits per heavy atom. The molecule has 1 aromatic heterocycles. The highest BCUT2D eigenvalue weighted by Gasteiger charge is 2.21. The Balaban J connectivity index is 1.61. The number of benzene rings is 1. The van der Waals surface area contributed by atoms with Crippen molar-refractivity contribution in [3.8, 4) is 11.4 Å². The van der Waals surface area contributed by atoms with Gasteiger partial charge in [0.1, 0.15) is 6.61 Å². The van der Waals surface area contributed by atoms with Crippen molar-refractivity contribution in [3.63, 3.8) is 0 Å². The molecule has 0 radical (unpaired) electrons. The molecular formula is C14H17N3O2. The quantitative estimate of drug-likeness (QED) is 0.860. The van der Waals surface area contributed by atoms with Crippen LogP contribution in [-0.4, -0.2) is 16.7 Å². The molecule has 0 amide bonds. The Hall–Kier alpha value is -1.72. The van der Waals surface area contributed by atoms with Crippen LogP contribution < -0.4 is 5.73 Å². The molecule has 3 rings (SSSR count). The van der Waals surface area contributed by atoms with Crippen molar-refractivity contribution in [2.45, 2.75) is 26.0 Å². The number of hydrogen-bond acceptors (Lipinski definition) is 5. The van der Waals surface area contributed by atoms with Crippen molar-refractivity contribution in [2.24, 2.45) is 11.7 Å². The summed E-state index contributed by atoms with van der Waals surface area (Å²) in [6, 6.07) is 7.83. The molecule has 19 heavy (non-hydrogen) atoms. The first kappa shape index (κ1) is 12.3. The third kappa shape index (κ3) is 3.19. The fraction of sp³-hybridized carbons (Fsp3) is 0.429. The van der Waals surface area contributed by atoms with Crippen LogP contribution >= 0.6 is 0 Å². The van der Waals surface area contributed by atoms with Crippen LogP contribution in [0.1, 0.15) is 24.3 Å². The lowest BCUT2D eigenvalue weighted by Crippen LogP contribution is -1.97. The van der Waals surface area contributed by atoms with Crippen LogP contribution in [0.3, 0.4) is 0 Å². The van der Waals surface area contributed by atoms with E-state index in [-0.39, 0.29) is 0 Å². The summed E-state index contributed by atoms with van der Waals surface area (Å²) in [5.41, 5.74) is 7.57. The minimum Gasteiger partial charge on any atom is -0.371 e. The zero-order chi connectivity index (χ0) is 13.1. The summed E-state index contributed by atoms with van der Waals surface area (Å²) >= 11 is 0. The summed E-state index contributed by atoms with van der Waals surface area (Å²) in [7, 11) is 0. The van der Waals surface area contributed by atoms with E-state index in [0.29, 0.717) is 24.9 Å². The molecule has 1 aliphatic carbocycles. The molecule has 0 atom stereocenters. The molecule has 1 heterocycles. The molecule has 0 saturated heterocycles. The molecule has 0 unspecified atom stereocenters. The molecule has 1 aromatic carbocycles. The average Bonchev–Trinajstić information content (AvgIpc) is 3.15. The SMILES string of the molecule is NCc1ccc(-c2noc(COCC3CC3)n2)cc1. The first-order valence-electron chi connectivity index (χ1n) is 6.55. The highest BCUT2D eigenvalue weighted by atomic mass is 16.5. The smallest absolute Gasteiger partial charge is 0.252 e. The molecule has 0 spiro atoms. The molecule has 100 valence electrons. The van der Waals surface area contributed by atoms with Crippen molar-refractivity contribution in [2.75, 3.05) is 6.61 Å². The van der Waals surface area contributed by atoms with E-state index >= 15 is 0 Å². The Bertz CT molecular complexity index is 532. The molecule has 0 aliphatic heterocycles. The van der Waals surface area contributed by atoms with E-state index in [1.165, 1.54) is 12.8 Å². The van der Waals surface area contributed by atoms with Gasteiger partial charge in [-0.3, -0.25) is 0 Å². The van der Waals surface area contributed by atoms with E-state index in [4.69, 9.17) is 15.0 Å². The molecule has 1 saturated carbocycles. The molecule has 2 N–H and O–H groups in total. The van der Waals surface area contributed by atoms with Crippen LogP contribution in [0.5, 0.6) is 0 Å². The average molecular weight is 259 g/mol. The van der Waals surface area contributed by atoms with E-state index in [1.54, 1.807) is 0 Å². The summed E-state index contributed by atoms with van der Waals surface area (Å²) in [4.78, 5) is 4.32. The number of nitrogens with two attached hydrogens (primary N) is 1. The minimum absolute atomic E-state index is 0.393. The fourth-order valence-electron chi connectivity index (χ4n) is 1.82. The Morgan fingerprint density at radius 1 is 1.26 bits per heavy atom. The molecular weight excluding hydrogens is 242 g/mol. The van der Waals surface area contributed by atoms with E-state index < -0.39 is 0 Å². The predicted molar refractivity (Wildman–Crippen MR) is 70.0 cm³/mol. The number of ether oxygens (including phenoxy) is 1. The monoisotopic (exact) mass is 259 g/mol. The van der Waals surface area contributed by atoms with Crippen molar-refractivity contribution in [1.82, 2.24) is 10.1 Å². The van der Waals surface area contributed by atoms with Crippen molar-refractivity contribution < 1.29 is 9.26 Å². The lowest BCUT2D eigenvalue weighted by Gasteiger charge is -1.98. The highest BCUT2D eigenvalue weighted by molar-refractivity contribution is 5.54. The van der Waals surface area contributed by atoms with Gasteiger partial charge in [0.15, 0.2) is 0 Å². The zero-order valence-corrected chi connectivity index (χ0v) is 10.7. The van der Waals surface area contributed by atoms with Gasteiger partial charge in [-0.2, -0.15) is 4.98 Å². The van der Waals surface area contributed by atoms with Crippen molar-refractivity contribution in [3.05, 3.63) is 35.7 Å². The molecule has 0 bridgehead atoms. The van der Waals surface area contributed by atoms with Crippen molar-refractivity contribution >= 4 is 0 Å². The van der Waals surface area contributed by atoms with E-state index in [1.807, 2.05) is 24.3 Å². The van der Waals surface area contributed by atoms with Crippen LogP contribution in [0.2, 0.25) is 0 Å². The molecule has 5 nitrogen and oxygen atoms in total. The normalized spacial score (nSPS) is 14.8. The van der Waals surface area contributed by atoms with Gasteiger partial charge in [0.05, 0.1) is 6.61 Å². The molecule has 5 heteroatoms. The van der Waals surface area contributed by atoms with Crippen molar-refractivity contribution in [1.29, 1.82) is 0 Å². The first-order chi connectivity index (χ1) is 9.35. The fourth-order valence-corrected chi connectivity index (χ4v) is 1.82. The van der Waals surface area contributed by atoms with Gasteiger partial charge in [-0.05, 0) is 24.3 Å². The van der Waals surface area contributed by atoms with E-state index in [2.05, 4.69) is 10.1 Å². The number of rotatable bonds is 6. The molecule has 1 aliphatic rings. The van der Waals surface area contributed by atoms with Gasteiger partial charge in [-0.1, -0.05) is 29.4 Å². The molecule has 1 fully saturated rings. The third-order valence-electron chi connectivity index (χ3n) is 3.19. The number of nitrogens with zero attached hydrogens (tertiary/aromatic N) is 2. The van der Waals surface area contributed by atoms with Gasteiger partial charge in [0.25, 0.3) is 5.89 Å². The standard InChI is InChI=1S/C14H17N3O2/c15-7-10-3-5-12(6-4-10)14-16-13(19-17-14)9-18-8-11-1-2-11/h3-6,11H,1-2,7-9,15H2. The van der Waals surface area contributed by atoms with Crippen LogP contribution in [0.4, 0.5) is 0 Å². The summed E-state index contributed by atoms with van der Waals surface area (Å²) in [6.07, 6.45) is 2.56. The number of aromatic nitrogens is 2. The van der Waals surface area contributed by atoms with E-state index in [9.17, 15) is 0 Å². The summed E-state index contributed by atoms with van der Waals surface area (Å²) in [6.45, 7) is 1.72. The maximum atomic E-state index is 5.56. The number of hydrogen-bond donors (Lipinski definition) is 1. The van der Waals surface area contributed by atoms with Crippen LogP contribution in [0.25, 0.3) is 11.4 Å². The Labute approximate surface area is 111 Å². The van der Waals surface area contributed by atoms with Gasteiger partial charge in [0.2, 0.25) is 5.82 Å².